The Bertz CT molecular complexity index is 540. The van der Waals surface area contributed by atoms with Crippen molar-refractivity contribution in [3.8, 4) is 0 Å². The van der Waals surface area contributed by atoms with Gasteiger partial charge in [0, 0.05) is 23.7 Å². The summed E-state index contributed by atoms with van der Waals surface area (Å²) >= 11 is 0. The van der Waals surface area contributed by atoms with Crippen LogP contribution in [-0.2, 0) is 0 Å². The molecule has 2 heteroatoms. The van der Waals surface area contributed by atoms with Gasteiger partial charge in [-0.1, -0.05) is 48.6 Å². The van der Waals surface area contributed by atoms with Crippen molar-refractivity contribution in [1.82, 2.24) is 0 Å². The summed E-state index contributed by atoms with van der Waals surface area (Å²) in [6.45, 7) is 0. The zero-order valence-corrected chi connectivity index (χ0v) is 11.1. The molecular weight excluding hydrogens is 248 g/mol. The van der Waals surface area contributed by atoms with Crippen LogP contribution in [0.3, 0.4) is 0 Å². The Kier molecular flexibility index (Phi) is 1.47. The molecule has 0 saturated heterocycles. The second-order valence-corrected chi connectivity index (χ2v) is 7.60. The monoisotopic (exact) mass is 266 g/mol. The first-order chi connectivity index (χ1) is 9.67. The Hall–Kier alpha value is -1.12. The van der Waals surface area contributed by atoms with E-state index in [0.717, 1.165) is 0 Å². The van der Waals surface area contributed by atoms with E-state index in [1.807, 2.05) is 0 Å². The molecule has 3 unspecified atom stereocenters. The van der Waals surface area contributed by atoms with Gasteiger partial charge in [0.1, 0.15) is 11.2 Å². The maximum atomic E-state index is 11.5. The van der Waals surface area contributed by atoms with Crippen LogP contribution in [-0.4, -0.2) is 21.4 Å². The minimum absolute atomic E-state index is 0.139. The predicted molar refractivity (Wildman–Crippen MR) is 74.4 cm³/mol. The second kappa shape index (κ2) is 2.77. The van der Waals surface area contributed by atoms with Crippen LogP contribution in [0.4, 0.5) is 0 Å². The zero-order chi connectivity index (χ0) is 13.3. The average molecular weight is 266 g/mol. The average Bonchev–Trinajstić information content (AvgIpc) is 3.09. The Morgan fingerprint density at radius 3 is 1.10 bits per heavy atom. The molecule has 20 heavy (non-hydrogen) atoms. The van der Waals surface area contributed by atoms with Crippen LogP contribution in [0.1, 0.15) is 0 Å². The lowest BCUT2D eigenvalue weighted by Gasteiger charge is -2.69. The minimum atomic E-state index is -0.963. The SMILES string of the molecule is OC1(C2(O)[C@@H]3C=CC4C=C[C@H]2C43)[C@@H]2C=CC3C=C[C@@H]1C32. The van der Waals surface area contributed by atoms with Crippen molar-refractivity contribution < 1.29 is 10.2 Å². The lowest BCUT2D eigenvalue weighted by molar-refractivity contribution is -0.331. The molecule has 102 valence electrons. The molecule has 6 aliphatic carbocycles. The van der Waals surface area contributed by atoms with Gasteiger partial charge in [0.05, 0.1) is 0 Å². The molecule has 0 aromatic rings. The topological polar surface area (TPSA) is 40.5 Å². The molecule has 0 radical (unpaired) electrons. The van der Waals surface area contributed by atoms with E-state index in [4.69, 9.17) is 0 Å². The van der Waals surface area contributed by atoms with Gasteiger partial charge >= 0.3 is 0 Å². The van der Waals surface area contributed by atoms with Crippen LogP contribution in [0.25, 0.3) is 0 Å². The fraction of sp³-hybridized carbons (Fsp3) is 0.556. The molecule has 6 rings (SSSR count). The highest BCUT2D eigenvalue weighted by molar-refractivity contribution is 5.46. The first-order valence-electron chi connectivity index (χ1n) is 7.85. The van der Waals surface area contributed by atoms with Crippen LogP contribution >= 0.6 is 0 Å². The largest absolute Gasteiger partial charge is 0.386 e. The van der Waals surface area contributed by atoms with Gasteiger partial charge in [-0.15, -0.1) is 0 Å². The van der Waals surface area contributed by atoms with Crippen LogP contribution in [0.5, 0.6) is 0 Å². The van der Waals surface area contributed by atoms with E-state index in [1.165, 1.54) is 0 Å². The van der Waals surface area contributed by atoms with Crippen molar-refractivity contribution in [2.24, 2.45) is 47.3 Å². The smallest absolute Gasteiger partial charge is 0.108 e. The van der Waals surface area contributed by atoms with Crippen molar-refractivity contribution >= 4 is 0 Å². The highest BCUT2D eigenvalue weighted by atomic mass is 16.4. The summed E-state index contributed by atoms with van der Waals surface area (Å²) in [5, 5.41) is 23.0. The quantitative estimate of drug-likeness (QED) is 0.709. The number of aliphatic hydroxyl groups is 2. The van der Waals surface area contributed by atoms with Gasteiger partial charge in [-0.3, -0.25) is 0 Å². The van der Waals surface area contributed by atoms with E-state index >= 15 is 0 Å². The van der Waals surface area contributed by atoms with Crippen molar-refractivity contribution in [1.29, 1.82) is 0 Å². The standard InChI is InChI=1S/C18H18O2/c19-17(11-5-1-9-2-6-12(17)15(9)11)18(20)13-7-3-10-4-8-14(18)16(10)13/h1-16,19-20H/t9?,10?,11-,12-,13-,14+,15?,16?,17?,18?/m1/s1. The molecule has 0 heterocycles. The van der Waals surface area contributed by atoms with Crippen LogP contribution < -0.4 is 0 Å². The van der Waals surface area contributed by atoms with E-state index in [0.29, 0.717) is 23.7 Å². The normalized spacial score (nSPS) is 69.1. The minimum Gasteiger partial charge on any atom is -0.386 e. The first-order valence-corrected chi connectivity index (χ1v) is 7.85. The Labute approximate surface area is 118 Å². The van der Waals surface area contributed by atoms with Crippen molar-refractivity contribution in [3.63, 3.8) is 0 Å². The molecule has 2 fully saturated rings. The summed E-state index contributed by atoms with van der Waals surface area (Å²) < 4.78 is 0. The Morgan fingerprint density at radius 1 is 0.500 bits per heavy atom. The van der Waals surface area contributed by atoms with Crippen molar-refractivity contribution in [2.75, 3.05) is 0 Å². The number of rotatable bonds is 1. The third-order valence-electron chi connectivity index (χ3n) is 7.38. The molecule has 2 nitrogen and oxygen atoms in total. The summed E-state index contributed by atoms with van der Waals surface area (Å²) in [6, 6.07) is 0. The predicted octanol–water partition coefficient (Wildman–Crippen LogP) is 1.68. The number of allylic oxidation sites excluding steroid dienone is 4. The zero-order valence-electron chi connectivity index (χ0n) is 11.1. The van der Waals surface area contributed by atoms with Gasteiger partial charge in [0.25, 0.3) is 0 Å². The van der Waals surface area contributed by atoms with E-state index in [2.05, 4.69) is 48.6 Å². The van der Waals surface area contributed by atoms with Gasteiger partial charge in [-0.2, -0.15) is 0 Å². The second-order valence-electron chi connectivity index (χ2n) is 7.60. The van der Waals surface area contributed by atoms with Crippen LogP contribution in [0.15, 0.2) is 48.6 Å². The van der Waals surface area contributed by atoms with E-state index in [-0.39, 0.29) is 23.7 Å². The van der Waals surface area contributed by atoms with Gasteiger partial charge in [0.15, 0.2) is 0 Å². The highest BCUT2D eigenvalue weighted by Gasteiger charge is 2.80. The Morgan fingerprint density at radius 2 is 0.800 bits per heavy atom. The molecule has 0 amide bonds. The Balaban J connectivity index is 1.51. The third-order valence-corrected chi connectivity index (χ3v) is 7.38. The van der Waals surface area contributed by atoms with Crippen molar-refractivity contribution in [3.05, 3.63) is 48.6 Å². The lowest BCUT2D eigenvalue weighted by atomic mass is 9.38. The highest BCUT2D eigenvalue weighted by Crippen LogP contribution is 2.73. The molecule has 0 bridgehead atoms. The fourth-order valence-corrected chi connectivity index (χ4v) is 6.59. The summed E-state index contributed by atoms with van der Waals surface area (Å²) in [5.74, 6) is 2.57. The van der Waals surface area contributed by atoms with E-state index < -0.39 is 11.2 Å². The number of hydrogen-bond acceptors (Lipinski definition) is 2. The van der Waals surface area contributed by atoms with Gasteiger partial charge in [-0.25, -0.2) is 0 Å². The molecule has 0 aromatic carbocycles. The summed E-state index contributed by atoms with van der Waals surface area (Å²) in [5.41, 5.74) is -1.93. The molecular formula is C18H18O2. The van der Waals surface area contributed by atoms with Gasteiger partial charge in [0.2, 0.25) is 0 Å². The maximum absolute atomic E-state index is 11.5. The summed E-state index contributed by atoms with van der Waals surface area (Å²) in [4.78, 5) is 0. The van der Waals surface area contributed by atoms with E-state index in [1.54, 1.807) is 0 Å². The molecule has 0 aliphatic heterocycles. The van der Waals surface area contributed by atoms with E-state index in [9.17, 15) is 10.2 Å². The van der Waals surface area contributed by atoms with Crippen LogP contribution in [0.2, 0.25) is 0 Å². The molecule has 0 spiro atoms. The lowest BCUT2D eigenvalue weighted by Crippen LogP contribution is -2.81. The van der Waals surface area contributed by atoms with Gasteiger partial charge < -0.3 is 10.2 Å². The summed E-state index contributed by atoms with van der Waals surface area (Å²) in [6.07, 6.45) is 17.5. The maximum Gasteiger partial charge on any atom is 0.108 e. The van der Waals surface area contributed by atoms with Crippen molar-refractivity contribution in [2.45, 2.75) is 11.2 Å². The first kappa shape index (κ1) is 10.6. The van der Waals surface area contributed by atoms with Crippen LogP contribution in [0, 0.1) is 47.3 Å². The summed E-state index contributed by atoms with van der Waals surface area (Å²) in [7, 11) is 0. The molecule has 0 aromatic heterocycles. The number of hydrogen-bond donors (Lipinski definition) is 2. The molecule has 2 N–H and O–H groups in total. The third kappa shape index (κ3) is 0.739. The molecule has 2 saturated carbocycles. The molecule has 6 aliphatic rings. The fourth-order valence-electron chi connectivity index (χ4n) is 6.59. The molecule has 7 atom stereocenters. The van der Waals surface area contributed by atoms with Gasteiger partial charge in [-0.05, 0) is 23.7 Å².